The smallest absolute Gasteiger partial charge is 0.229 e. The largest absolute Gasteiger partial charge is 0.344 e. The van der Waals surface area contributed by atoms with Crippen molar-refractivity contribution in [3.05, 3.63) is 0 Å². The third-order valence-electron chi connectivity index (χ3n) is 4.62. The second-order valence-electron chi connectivity index (χ2n) is 6.10. The van der Waals surface area contributed by atoms with Crippen LogP contribution in [0, 0.1) is 5.41 Å². The molecule has 20 heavy (non-hydrogen) atoms. The second-order valence-corrected chi connectivity index (χ2v) is 6.10. The SMILES string of the molecule is CCN1CCCC1CN(C)C(=O)C1(C)CCNC1.Cl.Cl. The van der Waals surface area contributed by atoms with E-state index in [-0.39, 0.29) is 30.2 Å². The van der Waals surface area contributed by atoms with E-state index in [1.807, 2.05) is 11.9 Å². The lowest BCUT2D eigenvalue weighted by Crippen LogP contribution is -2.47. The van der Waals surface area contributed by atoms with Gasteiger partial charge in [0.2, 0.25) is 5.91 Å². The van der Waals surface area contributed by atoms with Gasteiger partial charge in [0.15, 0.2) is 0 Å². The summed E-state index contributed by atoms with van der Waals surface area (Å²) in [7, 11) is 1.97. The first-order valence-corrected chi connectivity index (χ1v) is 7.27. The van der Waals surface area contributed by atoms with Crippen LogP contribution >= 0.6 is 24.8 Å². The van der Waals surface area contributed by atoms with Crippen molar-refractivity contribution in [1.29, 1.82) is 0 Å². The fraction of sp³-hybridized carbons (Fsp3) is 0.929. The number of hydrogen-bond donors (Lipinski definition) is 1. The average molecular weight is 326 g/mol. The molecule has 0 bridgehead atoms. The van der Waals surface area contributed by atoms with Crippen LogP contribution < -0.4 is 5.32 Å². The molecule has 4 nitrogen and oxygen atoms in total. The molecule has 2 aliphatic heterocycles. The summed E-state index contributed by atoms with van der Waals surface area (Å²) >= 11 is 0. The maximum absolute atomic E-state index is 12.5. The maximum Gasteiger partial charge on any atom is 0.229 e. The van der Waals surface area contributed by atoms with E-state index in [0.29, 0.717) is 11.9 Å². The molecule has 0 radical (unpaired) electrons. The highest BCUT2D eigenvalue weighted by Crippen LogP contribution is 2.27. The lowest BCUT2D eigenvalue weighted by atomic mass is 9.88. The number of halogens is 2. The minimum absolute atomic E-state index is 0. The number of likely N-dealkylation sites (tertiary alicyclic amines) is 1. The molecule has 2 saturated heterocycles. The Labute approximate surface area is 135 Å². The zero-order chi connectivity index (χ0) is 13.2. The average Bonchev–Trinajstić information content (AvgIpc) is 2.97. The van der Waals surface area contributed by atoms with Gasteiger partial charge in [-0.3, -0.25) is 9.69 Å². The molecule has 0 aromatic rings. The molecule has 0 spiro atoms. The van der Waals surface area contributed by atoms with Crippen molar-refractivity contribution in [3.8, 4) is 0 Å². The second kappa shape index (κ2) is 8.42. The Morgan fingerprint density at radius 1 is 1.45 bits per heavy atom. The minimum Gasteiger partial charge on any atom is -0.344 e. The molecule has 1 amide bonds. The van der Waals surface area contributed by atoms with E-state index in [1.54, 1.807) is 0 Å². The van der Waals surface area contributed by atoms with E-state index in [2.05, 4.69) is 24.1 Å². The van der Waals surface area contributed by atoms with Crippen LogP contribution in [0.4, 0.5) is 0 Å². The van der Waals surface area contributed by atoms with Gasteiger partial charge in [-0.1, -0.05) is 6.92 Å². The molecule has 120 valence electrons. The molecule has 2 heterocycles. The first kappa shape index (κ1) is 20.0. The van der Waals surface area contributed by atoms with Gasteiger partial charge in [0.05, 0.1) is 5.41 Å². The lowest BCUT2D eigenvalue weighted by molar-refractivity contribution is -0.139. The van der Waals surface area contributed by atoms with Gasteiger partial charge in [0, 0.05) is 26.2 Å². The van der Waals surface area contributed by atoms with Gasteiger partial charge in [-0.15, -0.1) is 24.8 Å². The molecule has 2 unspecified atom stereocenters. The molecule has 2 rings (SSSR count). The van der Waals surface area contributed by atoms with Crippen molar-refractivity contribution in [2.45, 2.75) is 39.2 Å². The van der Waals surface area contributed by atoms with Gasteiger partial charge in [-0.2, -0.15) is 0 Å². The number of carbonyl (C=O) groups excluding carboxylic acids is 1. The van der Waals surface area contributed by atoms with Crippen molar-refractivity contribution in [1.82, 2.24) is 15.1 Å². The summed E-state index contributed by atoms with van der Waals surface area (Å²) < 4.78 is 0. The van der Waals surface area contributed by atoms with Crippen molar-refractivity contribution in [2.75, 3.05) is 39.8 Å². The van der Waals surface area contributed by atoms with Gasteiger partial charge in [-0.05, 0) is 45.8 Å². The number of carbonyl (C=O) groups is 1. The maximum atomic E-state index is 12.5. The van der Waals surface area contributed by atoms with Gasteiger partial charge in [0.25, 0.3) is 0 Å². The standard InChI is InChI=1S/C14H27N3O.2ClH/c1-4-17-9-5-6-12(17)10-16(3)13(18)14(2)7-8-15-11-14;;/h12,15H,4-11H2,1-3H3;2*1H. The first-order chi connectivity index (χ1) is 8.57. The normalized spacial score (nSPS) is 29.6. The van der Waals surface area contributed by atoms with Crippen LogP contribution in [0.5, 0.6) is 0 Å². The van der Waals surface area contributed by atoms with Crippen LogP contribution in [0.3, 0.4) is 0 Å². The molecular formula is C14H29Cl2N3O. The highest BCUT2D eigenvalue weighted by Gasteiger charge is 2.39. The fourth-order valence-electron chi connectivity index (χ4n) is 3.38. The van der Waals surface area contributed by atoms with Crippen LogP contribution in [0.1, 0.15) is 33.1 Å². The molecule has 2 fully saturated rings. The van der Waals surface area contributed by atoms with Gasteiger partial charge in [-0.25, -0.2) is 0 Å². The topological polar surface area (TPSA) is 35.6 Å². The third kappa shape index (κ3) is 4.23. The van der Waals surface area contributed by atoms with Crippen LogP contribution in [0.15, 0.2) is 0 Å². The predicted molar refractivity (Wildman–Crippen MR) is 88.0 cm³/mol. The molecule has 0 aromatic heterocycles. The fourth-order valence-corrected chi connectivity index (χ4v) is 3.38. The highest BCUT2D eigenvalue weighted by atomic mass is 35.5. The summed E-state index contributed by atoms with van der Waals surface area (Å²) in [5.74, 6) is 0.315. The molecular weight excluding hydrogens is 297 g/mol. The van der Waals surface area contributed by atoms with E-state index >= 15 is 0 Å². The van der Waals surface area contributed by atoms with Crippen LogP contribution in [0.25, 0.3) is 0 Å². The molecule has 2 atom stereocenters. The Bertz CT molecular complexity index is 309. The van der Waals surface area contributed by atoms with Crippen LogP contribution in [-0.2, 0) is 4.79 Å². The van der Waals surface area contributed by atoms with E-state index in [9.17, 15) is 4.79 Å². The number of hydrogen-bond acceptors (Lipinski definition) is 3. The zero-order valence-corrected chi connectivity index (χ0v) is 14.5. The molecule has 0 aliphatic carbocycles. The molecule has 0 aromatic carbocycles. The summed E-state index contributed by atoms with van der Waals surface area (Å²) in [6, 6.07) is 0.571. The number of amides is 1. The van der Waals surface area contributed by atoms with Crippen molar-refractivity contribution >= 4 is 30.7 Å². The monoisotopic (exact) mass is 325 g/mol. The Morgan fingerprint density at radius 2 is 2.15 bits per heavy atom. The summed E-state index contributed by atoms with van der Waals surface area (Å²) in [6.45, 7) is 9.30. The molecule has 2 aliphatic rings. The highest BCUT2D eigenvalue weighted by molar-refractivity contribution is 5.85. The van der Waals surface area contributed by atoms with Crippen molar-refractivity contribution in [2.24, 2.45) is 5.41 Å². The molecule has 6 heteroatoms. The summed E-state index contributed by atoms with van der Waals surface area (Å²) in [5, 5.41) is 3.30. The van der Waals surface area contributed by atoms with E-state index in [1.165, 1.54) is 19.4 Å². The Kier molecular flexibility index (Phi) is 8.41. The Hall–Kier alpha value is -0.0300. The first-order valence-electron chi connectivity index (χ1n) is 7.27. The predicted octanol–water partition coefficient (Wildman–Crippen LogP) is 1.77. The molecule has 1 N–H and O–H groups in total. The van der Waals surface area contributed by atoms with Crippen LogP contribution in [-0.4, -0.2) is 61.5 Å². The van der Waals surface area contributed by atoms with E-state index < -0.39 is 0 Å². The Morgan fingerprint density at radius 3 is 2.70 bits per heavy atom. The Balaban J connectivity index is 0.00000180. The van der Waals surface area contributed by atoms with Crippen molar-refractivity contribution < 1.29 is 4.79 Å². The van der Waals surface area contributed by atoms with Crippen molar-refractivity contribution in [3.63, 3.8) is 0 Å². The van der Waals surface area contributed by atoms with E-state index in [0.717, 1.165) is 32.6 Å². The third-order valence-corrected chi connectivity index (χ3v) is 4.62. The number of nitrogens with zero attached hydrogens (tertiary/aromatic N) is 2. The van der Waals surface area contributed by atoms with Crippen LogP contribution in [0.2, 0.25) is 0 Å². The summed E-state index contributed by atoms with van der Waals surface area (Å²) in [4.78, 5) is 17.0. The number of rotatable bonds is 4. The van der Waals surface area contributed by atoms with Gasteiger partial charge >= 0.3 is 0 Å². The van der Waals surface area contributed by atoms with E-state index in [4.69, 9.17) is 0 Å². The van der Waals surface area contributed by atoms with Gasteiger partial charge < -0.3 is 10.2 Å². The quantitative estimate of drug-likeness (QED) is 0.855. The summed E-state index contributed by atoms with van der Waals surface area (Å²) in [5.41, 5.74) is -0.176. The minimum atomic E-state index is -0.176. The molecule has 0 saturated carbocycles. The lowest BCUT2D eigenvalue weighted by Gasteiger charge is -2.32. The number of nitrogens with one attached hydrogen (secondary N) is 1. The summed E-state index contributed by atoms with van der Waals surface area (Å²) in [6.07, 6.45) is 3.48. The zero-order valence-electron chi connectivity index (χ0n) is 12.9. The number of likely N-dealkylation sites (N-methyl/N-ethyl adjacent to an activating group) is 2. The van der Waals surface area contributed by atoms with Gasteiger partial charge in [0.1, 0.15) is 0 Å².